The van der Waals surface area contributed by atoms with Crippen molar-refractivity contribution in [1.82, 2.24) is 4.98 Å². The number of H-pyrrole nitrogens is 1. The normalized spacial score (nSPS) is 15.1. The van der Waals surface area contributed by atoms with Crippen LogP contribution in [-0.2, 0) is 12.8 Å². The Bertz CT molecular complexity index is 571. The molecule has 0 saturated heterocycles. The van der Waals surface area contributed by atoms with Crippen molar-refractivity contribution in [3.05, 3.63) is 35.0 Å². The van der Waals surface area contributed by atoms with E-state index in [2.05, 4.69) is 11.1 Å². The Labute approximate surface area is 98.6 Å². The average Bonchev–Trinajstić information content (AvgIpc) is 2.67. The summed E-state index contributed by atoms with van der Waals surface area (Å²) in [7, 11) is 0. The lowest BCUT2D eigenvalue weighted by molar-refractivity contribution is 0.108. The number of carbonyl (C=O) groups is 1. The van der Waals surface area contributed by atoms with Crippen molar-refractivity contribution in [2.75, 3.05) is 0 Å². The number of para-hydroxylation sites is 1. The van der Waals surface area contributed by atoms with Crippen LogP contribution in [0.25, 0.3) is 10.9 Å². The lowest BCUT2D eigenvalue weighted by atomic mass is 9.95. The van der Waals surface area contributed by atoms with Crippen LogP contribution in [0.4, 0.5) is 0 Å². The van der Waals surface area contributed by atoms with Crippen molar-refractivity contribution >= 4 is 27.7 Å². The van der Waals surface area contributed by atoms with Gasteiger partial charge >= 0.3 is 0 Å². The molecule has 0 saturated carbocycles. The van der Waals surface area contributed by atoms with E-state index in [-0.39, 0.29) is 5.24 Å². The Morgan fingerprint density at radius 3 is 2.88 bits per heavy atom. The smallest absolute Gasteiger partial charge is 0.254 e. The fraction of sp³-hybridized carbons (Fsp3) is 0.308. The minimum Gasteiger partial charge on any atom is -0.358 e. The molecule has 82 valence electrons. The van der Waals surface area contributed by atoms with Gasteiger partial charge in [-0.05, 0) is 48.9 Å². The minimum absolute atomic E-state index is 0.385. The van der Waals surface area contributed by atoms with E-state index < -0.39 is 0 Å². The van der Waals surface area contributed by atoms with E-state index in [1.165, 1.54) is 29.5 Å². The first-order valence-corrected chi connectivity index (χ1v) is 5.97. The molecule has 3 heteroatoms. The van der Waals surface area contributed by atoms with Gasteiger partial charge in [0.2, 0.25) is 0 Å². The molecule has 0 aliphatic heterocycles. The van der Waals surface area contributed by atoms with Crippen LogP contribution in [0.2, 0.25) is 0 Å². The maximum Gasteiger partial charge on any atom is 0.254 e. The third kappa shape index (κ3) is 1.37. The topological polar surface area (TPSA) is 32.9 Å². The van der Waals surface area contributed by atoms with E-state index in [1.54, 1.807) is 6.07 Å². The number of aromatic amines is 1. The van der Waals surface area contributed by atoms with Crippen molar-refractivity contribution in [3.8, 4) is 0 Å². The highest BCUT2D eigenvalue weighted by Gasteiger charge is 2.18. The van der Waals surface area contributed by atoms with Crippen molar-refractivity contribution < 1.29 is 4.79 Å². The van der Waals surface area contributed by atoms with Crippen molar-refractivity contribution in [2.45, 2.75) is 25.7 Å². The highest BCUT2D eigenvalue weighted by molar-refractivity contribution is 6.68. The van der Waals surface area contributed by atoms with E-state index in [9.17, 15) is 4.79 Å². The molecule has 1 aliphatic carbocycles. The van der Waals surface area contributed by atoms with E-state index in [0.717, 1.165) is 18.4 Å². The molecular weight excluding hydrogens is 222 g/mol. The zero-order valence-corrected chi connectivity index (χ0v) is 9.60. The molecule has 16 heavy (non-hydrogen) atoms. The second-order valence-corrected chi connectivity index (χ2v) is 4.63. The van der Waals surface area contributed by atoms with Crippen molar-refractivity contribution in [2.24, 2.45) is 0 Å². The van der Waals surface area contributed by atoms with Gasteiger partial charge in [-0.2, -0.15) is 0 Å². The Morgan fingerprint density at radius 2 is 2.06 bits per heavy atom. The van der Waals surface area contributed by atoms with Crippen LogP contribution in [0.5, 0.6) is 0 Å². The molecule has 3 rings (SSSR count). The quantitative estimate of drug-likeness (QED) is 0.753. The summed E-state index contributed by atoms with van der Waals surface area (Å²) in [6.07, 6.45) is 4.65. The van der Waals surface area contributed by atoms with Gasteiger partial charge < -0.3 is 4.98 Å². The first-order valence-electron chi connectivity index (χ1n) is 5.59. The third-order valence-corrected chi connectivity index (χ3v) is 3.55. The molecule has 1 heterocycles. The number of nitrogens with one attached hydrogen (secondary N) is 1. The van der Waals surface area contributed by atoms with Crippen LogP contribution >= 0.6 is 11.6 Å². The van der Waals surface area contributed by atoms with Gasteiger partial charge in [0.25, 0.3) is 5.24 Å². The Morgan fingerprint density at radius 1 is 1.25 bits per heavy atom. The summed E-state index contributed by atoms with van der Waals surface area (Å²) in [6, 6.07) is 5.75. The number of hydrogen-bond donors (Lipinski definition) is 1. The highest BCUT2D eigenvalue weighted by atomic mass is 35.5. The van der Waals surface area contributed by atoms with Crippen LogP contribution in [-0.4, -0.2) is 10.2 Å². The van der Waals surface area contributed by atoms with Gasteiger partial charge in [-0.3, -0.25) is 4.79 Å². The molecule has 0 bridgehead atoms. The zero-order chi connectivity index (χ0) is 11.1. The fourth-order valence-corrected chi connectivity index (χ4v) is 2.75. The Kier molecular flexibility index (Phi) is 2.25. The lowest BCUT2D eigenvalue weighted by Gasteiger charge is -2.10. The molecule has 0 amide bonds. The van der Waals surface area contributed by atoms with E-state index in [0.29, 0.717) is 5.56 Å². The molecule has 0 spiro atoms. The number of rotatable bonds is 1. The molecule has 0 unspecified atom stereocenters. The van der Waals surface area contributed by atoms with E-state index >= 15 is 0 Å². The van der Waals surface area contributed by atoms with Gasteiger partial charge in [-0.1, -0.05) is 12.1 Å². The molecule has 0 atom stereocenters. The third-order valence-electron chi connectivity index (χ3n) is 3.35. The average molecular weight is 234 g/mol. The number of benzene rings is 1. The Balaban J connectivity index is 2.33. The fourth-order valence-electron chi connectivity index (χ4n) is 2.59. The van der Waals surface area contributed by atoms with E-state index in [4.69, 9.17) is 11.6 Å². The summed E-state index contributed by atoms with van der Waals surface area (Å²) >= 11 is 5.59. The van der Waals surface area contributed by atoms with Crippen LogP contribution in [0.1, 0.15) is 34.5 Å². The molecule has 0 fully saturated rings. The largest absolute Gasteiger partial charge is 0.358 e. The summed E-state index contributed by atoms with van der Waals surface area (Å²) in [5, 5.41) is 0.783. The molecule has 1 aromatic carbocycles. The van der Waals surface area contributed by atoms with Crippen molar-refractivity contribution in [3.63, 3.8) is 0 Å². The minimum atomic E-state index is -0.385. The molecular formula is C13H12ClNO. The number of halogens is 1. The molecule has 1 aromatic heterocycles. The monoisotopic (exact) mass is 233 g/mol. The maximum atomic E-state index is 11.3. The number of fused-ring (bicyclic) bond motifs is 3. The SMILES string of the molecule is O=C(Cl)c1cccc2c3c([nH]c12)CCCC3. The van der Waals surface area contributed by atoms with Gasteiger partial charge in [0.1, 0.15) is 0 Å². The van der Waals surface area contributed by atoms with Gasteiger partial charge in [-0.25, -0.2) is 0 Å². The molecule has 1 N–H and O–H groups in total. The van der Waals surface area contributed by atoms with Gasteiger partial charge in [0, 0.05) is 11.1 Å². The highest BCUT2D eigenvalue weighted by Crippen LogP contribution is 2.31. The van der Waals surface area contributed by atoms with E-state index in [1.807, 2.05) is 6.07 Å². The first kappa shape index (κ1) is 9.91. The molecule has 2 aromatic rings. The second kappa shape index (κ2) is 3.63. The van der Waals surface area contributed by atoms with Crippen LogP contribution < -0.4 is 0 Å². The summed E-state index contributed by atoms with van der Waals surface area (Å²) in [6.45, 7) is 0. The summed E-state index contributed by atoms with van der Waals surface area (Å²) in [5.41, 5.74) is 4.16. The predicted octanol–water partition coefficient (Wildman–Crippen LogP) is 3.43. The first-order chi connectivity index (χ1) is 7.77. The predicted molar refractivity (Wildman–Crippen MR) is 65.1 cm³/mol. The lowest BCUT2D eigenvalue weighted by Crippen LogP contribution is -1.99. The van der Waals surface area contributed by atoms with Crippen LogP contribution in [0, 0.1) is 0 Å². The number of carbonyl (C=O) groups excluding carboxylic acids is 1. The second-order valence-electron chi connectivity index (χ2n) is 4.29. The molecule has 2 nitrogen and oxygen atoms in total. The van der Waals surface area contributed by atoms with Crippen molar-refractivity contribution in [1.29, 1.82) is 0 Å². The number of aryl methyl sites for hydroxylation is 2. The molecule has 0 radical (unpaired) electrons. The summed E-state index contributed by atoms with van der Waals surface area (Å²) < 4.78 is 0. The zero-order valence-electron chi connectivity index (χ0n) is 8.85. The van der Waals surface area contributed by atoms with Gasteiger partial charge in [0.15, 0.2) is 0 Å². The summed E-state index contributed by atoms with van der Waals surface area (Å²) in [4.78, 5) is 14.7. The number of hydrogen-bond acceptors (Lipinski definition) is 1. The Hall–Kier alpha value is -1.28. The van der Waals surface area contributed by atoms with Gasteiger partial charge in [-0.15, -0.1) is 0 Å². The van der Waals surface area contributed by atoms with Crippen LogP contribution in [0.15, 0.2) is 18.2 Å². The maximum absolute atomic E-state index is 11.3. The standard InChI is InChI=1S/C13H12ClNO/c14-13(16)10-6-3-5-9-8-4-1-2-7-11(8)15-12(9)10/h3,5-6,15H,1-2,4,7H2. The van der Waals surface area contributed by atoms with Crippen LogP contribution in [0.3, 0.4) is 0 Å². The number of aromatic nitrogens is 1. The summed E-state index contributed by atoms with van der Waals surface area (Å²) in [5.74, 6) is 0. The molecule has 1 aliphatic rings. The van der Waals surface area contributed by atoms with Gasteiger partial charge in [0.05, 0.1) is 11.1 Å².